The molecule has 0 aliphatic carbocycles. The third kappa shape index (κ3) is 6.34. The lowest BCUT2D eigenvalue weighted by Crippen LogP contribution is -2.40. The molecule has 0 bridgehead atoms. The van der Waals surface area contributed by atoms with Crippen LogP contribution >= 0.6 is 11.3 Å². The maximum Gasteiger partial charge on any atom is 0.223 e. The van der Waals surface area contributed by atoms with Crippen LogP contribution in [0, 0.1) is 12.8 Å². The number of ether oxygens (including phenoxy) is 2. The van der Waals surface area contributed by atoms with E-state index in [9.17, 15) is 4.79 Å². The number of rotatable bonds is 10. The average molecular weight is 547 g/mol. The summed E-state index contributed by atoms with van der Waals surface area (Å²) >= 11 is 1.57. The van der Waals surface area contributed by atoms with E-state index in [2.05, 4.69) is 67.6 Å². The number of anilines is 2. The van der Waals surface area contributed by atoms with E-state index in [4.69, 9.17) is 9.47 Å². The third-order valence-corrected chi connectivity index (χ3v) is 8.00. The Morgan fingerprint density at radius 1 is 0.974 bits per heavy atom. The van der Waals surface area contributed by atoms with Gasteiger partial charge in [-0.25, -0.2) is 0 Å². The van der Waals surface area contributed by atoms with Gasteiger partial charge in [-0.15, -0.1) is 10.2 Å². The van der Waals surface area contributed by atoms with Crippen LogP contribution in [0.5, 0.6) is 11.5 Å². The highest BCUT2D eigenvalue weighted by Crippen LogP contribution is 2.30. The van der Waals surface area contributed by atoms with Gasteiger partial charge in [0.25, 0.3) is 0 Å². The molecular formula is C29H34N6O3S. The van der Waals surface area contributed by atoms with Crippen molar-refractivity contribution in [1.29, 1.82) is 0 Å². The topological polar surface area (TPSA) is 93.5 Å². The standard InChI is InChI=1S/C29H34N6O3S/c1-20-6-9-23(10-7-20)30-19-24-5-4-14-35(24)29-33-32-28(39-29)34-15-12-22(13-16-34)27(36)31-18-21-8-11-25(37-2)26(17-21)38-3/h4-11,14,17,22,30H,12-13,15-16,18-19H2,1-3H3,(H,31,36). The Morgan fingerprint density at radius 3 is 2.46 bits per heavy atom. The summed E-state index contributed by atoms with van der Waals surface area (Å²) in [6.07, 6.45) is 3.58. The number of methoxy groups -OCH3 is 2. The van der Waals surface area contributed by atoms with E-state index in [1.165, 1.54) is 5.56 Å². The average Bonchev–Trinajstić information content (AvgIpc) is 3.65. The van der Waals surface area contributed by atoms with Crippen LogP contribution < -0.4 is 25.0 Å². The van der Waals surface area contributed by atoms with E-state index >= 15 is 0 Å². The van der Waals surface area contributed by atoms with Crippen molar-refractivity contribution in [3.8, 4) is 16.6 Å². The first-order chi connectivity index (χ1) is 19.0. The van der Waals surface area contributed by atoms with Crippen LogP contribution in [-0.2, 0) is 17.9 Å². The number of nitrogens with zero attached hydrogens (tertiary/aromatic N) is 4. The van der Waals surface area contributed by atoms with Crippen LogP contribution in [0.2, 0.25) is 0 Å². The molecule has 1 amide bonds. The Bertz CT molecular complexity index is 1390. The van der Waals surface area contributed by atoms with E-state index in [0.29, 0.717) is 24.6 Å². The minimum absolute atomic E-state index is 0.0160. The van der Waals surface area contributed by atoms with Gasteiger partial charge in [-0.2, -0.15) is 0 Å². The molecule has 2 aromatic carbocycles. The van der Waals surface area contributed by atoms with E-state index < -0.39 is 0 Å². The number of amides is 1. The summed E-state index contributed by atoms with van der Waals surface area (Å²) in [4.78, 5) is 15.1. The zero-order chi connectivity index (χ0) is 27.2. The summed E-state index contributed by atoms with van der Waals surface area (Å²) in [7, 11) is 3.22. The Labute approximate surface area is 232 Å². The van der Waals surface area contributed by atoms with Crippen molar-refractivity contribution in [1.82, 2.24) is 20.1 Å². The molecule has 0 saturated carbocycles. The van der Waals surface area contributed by atoms with Gasteiger partial charge in [0.05, 0.1) is 20.8 Å². The van der Waals surface area contributed by atoms with Gasteiger partial charge in [0, 0.05) is 43.1 Å². The molecular weight excluding hydrogens is 512 g/mol. The smallest absolute Gasteiger partial charge is 0.223 e. The summed E-state index contributed by atoms with van der Waals surface area (Å²) in [6, 6.07) is 18.2. The molecule has 10 heteroatoms. The number of aryl methyl sites for hydroxylation is 1. The number of carbonyl (C=O) groups excluding carboxylic acids is 1. The number of hydrogen-bond donors (Lipinski definition) is 2. The number of piperidine rings is 1. The molecule has 3 heterocycles. The van der Waals surface area contributed by atoms with E-state index in [-0.39, 0.29) is 11.8 Å². The first-order valence-corrected chi connectivity index (χ1v) is 13.9. The van der Waals surface area contributed by atoms with Gasteiger partial charge in [0.1, 0.15) is 0 Å². The van der Waals surface area contributed by atoms with Crippen LogP contribution in [0.3, 0.4) is 0 Å². The van der Waals surface area contributed by atoms with Gasteiger partial charge in [0.2, 0.25) is 16.2 Å². The third-order valence-electron chi connectivity index (χ3n) is 7.02. The lowest BCUT2D eigenvalue weighted by molar-refractivity contribution is -0.125. The van der Waals surface area contributed by atoms with Crippen LogP contribution in [0.25, 0.3) is 5.13 Å². The quantitative estimate of drug-likeness (QED) is 0.295. The van der Waals surface area contributed by atoms with E-state index in [1.54, 1.807) is 25.6 Å². The minimum Gasteiger partial charge on any atom is -0.493 e. The predicted octanol–water partition coefficient (Wildman–Crippen LogP) is 4.80. The second-order valence-electron chi connectivity index (χ2n) is 9.62. The summed E-state index contributed by atoms with van der Waals surface area (Å²) in [5.74, 6) is 1.40. The van der Waals surface area contributed by atoms with Crippen molar-refractivity contribution in [2.45, 2.75) is 32.9 Å². The molecule has 1 aliphatic rings. The van der Waals surface area contributed by atoms with Crippen LogP contribution in [0.1, 0.15) is 29.7 Å². The zero-order valence-electron chi connectivity index (χ0n) is 22.5. The number of carbonyl (C=O) groups is 1. The van der Waals surface area contributed by atoms with Gasteiger partial charge in [-0.05, 0) is 61.7 Å². The molecule has 5 rings (SSSR count). The van der Waals surface area contributed by atoms with E-state index in [0.717, 1.165) is 53.1 Å². The molecule has 2 N–H and O–H groups in total. The van der Waals surface area contributed by atoms with Gasteiger partial charge < -0.3 is 25.0 Å². The molecule has 9 nitrogen and oxygen atoms in total. The minimum atomic E-state index is -0.0160. The van der Waals surface area contributed by atoms with Crippen molar-refractivity contribution in [2.24, 2.45) is 5.92 Å². The van der Waals surface area contributed by atoms with Gasteiger partial charge in [-0.3, -0.25) is 9.36 Å². The highest BCUT2D eigenvalue weighted by atomic mass is 32.1. The van der Waals surface area contributed by atoms with Gasteiger partial charge >= 0.3 is 0 Å². The number of hydrogen-bond acceptors (Lipinski definition) is 8. The number of benzene rings is 2. The molecule has 1 fully saturated rings. The molecule has 0 spiro atoms. The maximum absolute atomic E-state index is 12.8. The summed E-state index contributed by atoms with van der Waals surface area (Å²) in [5.41, 5.74) is 4.41. The van der Waals surface area contributed by atoms with Gasteiger partial charge in [0.15, 0.2) is 11.5 Å². The molecule has 1 saturated heterocycles. The molecule has 204 valence electrons. The van der Waals surface area contributed by atoms with Crippen molar-refractivity contribution in [3.63, 3.8) is 0 Å². The lowest BCUT2D eigenvalue weighted by Gasteiger charge is -2.30. The van der Waals surface area contributed by atoms with E-state index in [1.807, 2.05) is 30.5 Å². The first-order valence-electron chi connectivity index (χ1n) is 13.1. The van der Waals surface area contributed by atoms with Crippen molar-refractivity contribution in [3.05, 3.63) is 77.6 Å². The largest absolute Gasteiger partial charge is 0.493 e. The normalized spacial score (nSPS) is 13.8. The number of nitrogens with one attached hydrogen (secondary N) is 2. The monoisotopic (exact) mass is 546 g/mol. The van der Waals surface area contributed by atoms with Crippen molar-refractivity contribution < 1.29 is 14.3 Å². The second kappa shape index (κ2) is 12.2. The molecule has 4 aromatic rings. The summed E-state index contributed by atoms with van der Waals surface area (Å²) in [5, 5.41) is 17.2. The Hall–Kier alpha value is -4.05. The van der Waals surface area contributed by atoms with Crippen LogP contribution in [-0.4, -0.2) is 48.0 Å². The fraction of sp³-hybridized carbons (Fsp3) is 0.345. The molecule has 2 aromatic heterocycles. The molecule has 0 atom stereocenters. The fourth-order valence-corrected chi connectivity index (χ4v) is 5.62. The summed E-state index contributed by atoms with van der Waals surface area (Å²) in [6.45, 7) is 4.78. The second-order valence-corrected chi connectivity index (χ2v) is 10.6. The first kappa shape index (κ1) is 26.6. The molecule has 0 radical (unpaired) electrons. The molecule has 39 heavy (non-hydrogen) atoms. The van der Waals surface area contributed by atoms with Gasteiger partial charge in [-0.1, -0.05) is 35.1 Å². The van der Waals surface area contributed by atoms with Crippen molar-refractivity contribution >= 4 is 28.1 Å². The molecule has 0 unspecified atom stereocenters. The van der Waals surface area contributed by atoms with Crippen molar-refractivity contribution in [2.75, 3.05) is 37.5 Å². The SMILES string of the molecule is COc1ccc(CNC(=O)C2CCN(c3nnc(-n4cccc4CNc4ccc(C)cc4)s3)CC2)cc1OC. The highest BCUT2D eigenvalue weighted by Gasteiger charge is 2.27. The lowest BCUT2D eigenvalue weighted by atomic mass is 9.96. The highest BCUT2D eigenvalue weighted by molar-refractivity contribution is 7.17. The summed E-state index contributed by atoms with van der Waals surface area (Å²) < 4.78 is 12.7. The Morgan fingerprint density at radius 2 is 1.72 bits per heavy atom. The predicted molar refractivity (Wildman–Crippen MR) is 154 cm³/mol. The molecule has 1 aliphatic heterocycles. The fourth-order valence-electron chi connectivity index (χ4n) is 4.70. The number of aromatic nitrogens is 3. The maximum atomic E-state index is 12.8. The Kier molecular flexibility index (Phi) is 8.31. The Balaban J connectivity index is 1.13. The van der Waals surface area contributed by atoms with Crippen LogP contribution in [0.15, 0.2) is 60.8 Å². The van der Waals surface area contributed by atoms with Crippen LogP contribution in [0.4, 0.5) is 10.8 Å². The zero-order valence-corrected chi connectivity index (χ0v) is 23.3.